The molecule has 116 valence electrons. The summed E-state index contributed by atoms with van der Waals surface area (Å²) in [5.41, 5.74) is 0. The standard InChI is InChI=1S/C16H30N2O2/c1-11(2)14-5-4-12(3)8-15(14)18-16(19)9-13-10-17-6-7-20-13/h11-15,17H,4-10H2,1-3H3,(H,18,19). The van der Waals surface area contributed by atoms with E-state index in [9.17, 15) is 4.79 Å². The molecule has 1 heterocycles. The Labute approximate surface area is 123 Å². The molecule has 1 saturated heterocycles. The van der Waals surface area contributed by atoms with E-state index in [2.05, 4.69) is 31.4 Å². The third-order valence-corrected chi connectivity index (χ3v) is 4.79. The lowest BCUT2D eigenvalue weighted by Gasteiger charge is -2.38. The summed E-state index contributed by atoms with van der Waals surface area (Å²) in [4.78, 5) is 12.2. The topological polar surface area (TPSA) is 50.4 Å². The summed E-state index contributed by atoms with van der Waals surface area (Å²) < 4.78 is 5.61. The molecule has 2 aliphatic rings. The van der Waals surface area contributed by atoms with E-state index in [-0.39, 0.29) is 12.0 Å². The second-order valence-corrected chi connectivity index (χ2v) is 6.90. The van der Waals surface area contributed by atoms with Gasteiger partial charge in [0.15, 0.2) is 0 Å². The third-order valence-electron chi connectivity index (χ3n) is 4.79. The molecule has 0 aromatic carbocycles. The number of amides is 1. The molecule has 4 nitrogen and oxygen atoms in total. The molecule has 4 unspecified atom stereocenters. The summed E-state index contributed by atoms with van der Waals surface area (Å²) >= 11 is 0. The summed E-state index contributed by atoms with van der Waals surface area (Å²) in [7, 11) is 0. The average Bonchev–Trinajstić information content (AvgIpc) is 2.39. The van der Waals surface area contributed by atoms with E-state index in [1.54, 1.807) is 0 Å². The first-order chi connectivity index (χ1) is 9.56. The zero-order valence-electron chi connectivity index (χ0n) is 13.2. The van der Waals surface area contributed by atoms with Crippen molar-refractivity contribution in [2.24, 2.45) is 17.8 Å². The molecular weight excluding hydrogens is 252 g/mol. The predicted octanol–water partition coefficient (Wildman–Crippen LogP) is 1.94. The number of rotatable bonds is 4. The Kier molecular flexibility index (Phi) is 5.85. The van der Waals surface area contributed by atoms with E-state index in [1.807, 2.05) is 0 Å². The van der Waals surface area contributed by atoms with E-state index in [0.717, 1.165) is 25.4 Å². The van der Waals surface area contributed by atoms with Gasteiger partial charge in [0.05, 0.1) is 19.1 Å². The summed E-state index contributed by atoms with van der Waals surface area (Å²) in [5, 5.41) is 6.55. The second kappa shape index (κ2) is 7.41. The Balaban J connectivity index is 1.83. The van der Waals surface area contributed by atoms with Crippen molar-refractivity contribution in [3.05, 3.63) is 0 Å². The van der Waals surface area contributed by atoms with Gasteiger partial charge in [0.25, 0.3) is 0 Å². The molecular formula is C16H30N2O2. The molecule has 0 bridgehead atoms. The maximum absolute atomic E-state index is 12.2. The number of carbonyl (C=O) groups is 1. The summed E-state index contributed by atoms with van der Waals surface area (Å²) in [5.74, 6) is 2.15. The summed E-state index contributed by atoms with van der Waals surface area (Å²) in [6.07, 6.45) is 4.19. The lowest BCUT2D eigenvalue weighted by molar-refractivity contribution is -0.126. The van der Waals surface area contributed by atoms with Crippen LogP contribution in [0.5, 0.6) is 0 Å². The minimum atomic E-state index is 0.0438. The van der Waals surface area contributed by atoms with Gasteiger partial charge in [0, 0.05) is 19.1 Å². The van der Waals surface area contributed by atoms with Gasteiger partial charge in [-0.25, -0.2) is 0 Å². The minimum Gasteiger partial charge on any atom is -0.375 e. The predicted molar refractivity (Wildman–Crippen MR) is 80.5 cm³/mol. The first kappa shape index (κ1) is 15.8. The number of hydrogen-bond acceptors (Lipinski definition) is 3. The van der Waals surface area contributed by atoms with Crippen molar-refractivity contribution >= 4 is 5.91 Å². The Morgan fingerprint density at radius 3 is 2.85 bits per heavy atom. The van der Waals surface area contributed by atoms with E-state index >= 15 is 0 Å². The molecule has 2 rings (SSSR count). The lowest BCUT2D eigenvalue weighted by Crippen LogP contribution is -2.48. The number of morpholine rings is 1. The molecule has 4 heteroatoms. The smallest absolute Gasteiger partial charge is 0.222 e. The van der Waals surface area contributed by atoms with Gasteiger partial charge < -0.3 is 15.4 Å². The quantitative estimate of drug-likeness (QED) is 0.828. The molecule has 1 aliphatic heterocycles. The molecule has 0 radical (unpaired) electrons. The van der Waals surface area contributed by atoms with Gasteiger partial charge in [-0.1, -0.05) is 27.2 Å². The lowest BCUT2D eigenvalue weighted by atomic mass is 9.74. The zero-order valence-corrected chi connectivity index (χ0v) is 13.2. The Morgan fingerprint density at radius 2 is 2.20 bits per heavy atom. The van der Waals surface area contributed by atoms with Crippen molar-refractivity contribution in [1.82, 2.24) is 10.6 Å². The average molecular weight is 282 g/mol. The largest absolute Gasteiger partial charge is 0.375 e. The molecule has 4 atom stereocenters. The molecule has 1 amide bonds. The maximum Gasteiger partial charge on any atom is 0.222 e. The van der Waals surface area contributed by atoms with E-state index in [4.69, 9.17) is 4.74 Å². The van der Waals surface area contributed by atoms with Gasteiger partial charge in [-0.2, -0.15) is 0 Å². The molecule has 0 aromatic rings. The van der Waals surface area contributed by atoms with Crippen LogP contribution in [0.3, 0.4) is 0 Å². The first-order valence-electron chi connectivity index (χ1n) is 8.18. The highest BCUT2D eigenvalue weighted by molar-refractivity contribution is 5.76. The van der Waals surface area contributed by atoms with Crippen LogP contribution in [-0.4, -0.2) is 37.7 Å². The summed E-state index contributed by atoms with van der Waals surface area (Å²) in [6.45, 7) is 9.24. The van der Waals surface area contributed by atoms with Crippen LogP contribution in [0.1, 0.15) is 46.5 Å². The van der Waals surface area contributed by atoms with Crippen LogP contribution >= 0.6 is 0 Å². The normalized spacial score (nSPS) is 35.0. The van der Waals surface area contributed by atoms with E-state index < -0.39 is 0 Å². The highest BCUT2D eigenvalue weighted by Gasteiger charge is 2.32. The van der Waals surface area contributed by atoms with Crippen LogP contribution < -0.4 is 10.6 Å². The van der Waals surface area contributed by atoms with E-state index in [1.165, 1.54) is 12.8 Å². The van der Waals surface area contributed by atoms with Crippen LogP contribution in [0.15, 0.2) is 0 Å². The Morgan fingerprint density at radius 1 is 1.40 bits per heavy atom. The third kappa shape index (κ3) is 4.45. The van der Waals surface area contributed by atoms with Gasteiger partial charge in [0.1, 0.15) is 0 Å². The fraction of sp³-hybridized carbons (Fsp3) is 0.938. The van der Waals surface area contributed by atoms with Gasteiger partial charge in [-0.15, -0.1) is 0 Å². The molecule has 0 aromatic heterocycles. The highest BCUT2D eigenvalue weighted by Crippen LogP contribution is 2.33. The van der Waals surface area contributed by atoms with Crippen molar-refractivity contribution in [3.8, 4) is 0 Å². The fourth-order valence-electron chi connectivity index (χ4n) is 3.59. The highest BCUT2D eigenvalue weighted by atomic mass is 16.5. The Hall–Kier alpha value is -0.610. The number of ether oxygens (including phenoxy) is 1. The SMILES string of the molecule is CC1CCC(C(C)C)C(NC(=O)CC2CNCCO2)C1. The second-order valence-electron chi connectivity index (χ2n) is 6.90. The van der Waals surface area contributed by atoms with Crippen molar-refractivity contribution in [1.29, 1.82) is 0 Å². The van der Waals surface area contributed by atoms with Crippen LogP contribution in [0.2, 0.25) is 0 Å². The monoisotopic (exact) mass is 282 g/mol. The molecule has 1 saturated carbocycles. The van der Waals surface area contributed by atoms with Gasteiger partial charge in [-0.05, 0) is 30.6 Å². The zero-order chi connectivity index (χ0) is 14.5. The van der Waals surface area contributed by atoms with Crippen LogP contribution in [0.4, 0.5) is 0 Å². The first-order valence-corrected chi connectivity index (χ1v) is 8.18. The molecule has 0 spiro atoms. The van der Waals surface area contributed by atoms with Crippen LogP contribution in [0, 0.1) is 17.8 Å². The number of nitrogens with one attached hydrogen (secondary N) is 2. The van der Waals surface area contributed by atoms with Gasteiger partial charge >= 0.3 is 0 Å². The summed E-state index contributed by atoms with van der Waals surface area (Å²) in [6, 6.07) is 0.350. The Bertz CT molecular complexity index is 314. The van der Waals surface area contributed by atoms with E-state index in [0.29, 0.717) is 30.9 Å². The van der Waals surface area contributed by atoms with Crippen molar-refractivity contribution < 1.29 is 9.53 Å². The maximum atomic E-state index is 12.2. The van der Waals surface area contributed by atoms with Gasteiger partial charge in [-0.3, -0.25) is 4.79 Å². The molecule has 2 fully saturated rings. The van der Waals surface area contributed by atoms with Crippen LogP contribution in [0.25, 0.3) is 0 Å². The molecule has 2 N–H and O–H groups in total. The number of carbonyl (C=O) groups excluding carboxylic acids is 1. The van der Waals surface area contributed by atoms with Crippen LogP contribution in [-0.2, 0) is 9.53 Å². The van der Waals surface area contributed by atoms with Crippen molar-refractivity contribution in [2.75, 3.05) is 19.7 Å². The van der Waals surface area contributed by atoms with Gasteiger partial charge in [0.2, 0.25) is 5.91 Å². The molecule has 20 heavy (non-hydrogen) atoms. The molecule has 1 aliphatic carbocycles. The van der Waals surface area contributed by atoms with Crippen molar-refractivity contribution in [3.63, 3.8) is 0 Å². The number of hydrogen-bond donors (Lipinski definition) is 2. The fourth-order valence-corrected chi connectivity index (χ4v) is 3.59. The van der Waals surface area contributed by atoms with Crippen molar-refractivity contribution in [2.45, 2.75) is 58.6 Å². The minimum absolute atomic E-state index is 0.0438.